The highest BCUT2D eigenvalue weighted by molar-refractivity contribution is 5.75. The maximum absolute atomic E-state index is 10.9. The zero-order valence-corrected chi connectivity index (χ0v) is 12.6. The number of aldehydes is 1. The quantitative estimate of drug-likeness (QED) is 0.766. The van der Waals surface area contributed by atoms with Crippen LogP contribution in [0, 0.1) is 11.8 Å². The molecule has 0 spiro atoms. The maximum atomic E-state index is 10.9. The van der Waals surface area contributed by atoms with Gasteiger partial charge in [0.1, 0.15) is 12.0 Å². The number of hydrogen-bond acceptors (Lipinski definition) is 3. The number of benzene rings is 1. The molecule has 110 valence electrons. The minimum absolute atomic E-state index is 0.318. The number of carbonyl (C=O) groups is 1. The number of ether oxygens (including phenoxy) is 2. The summed E-state index contributed by atoms with van der Waals surface area (Å²) in [4.78, 5) is 10.9. The number of carbonyl (C=O) groups excluding carboxylic acids is 1. The summed E-state index contributed by atoms with van der Waals surface area (Å²) in [5.74, 6) is 2.24. The molecule has 2 rings (SSSR count). The van der Waals surface area contributed by atoms with Crippen LogP contribution in [0.1, 0.15) is 49.0 Å². The van der Waals surface area contributed by atoms with Gasteiger partial charge in [-0.3, -0.25) is 4.79 Å². The van der Waals surface area contributed by atoms with E-state index in [1.807, 2.05) is 12.1 Å². The highest BCUT2D eigenvalue weighted by atomic mass is 16.5. The fourth-order valence-corrected chi connectivity index (χ4v) is 3.20. The normalized spacial score (nSPS) is 26.2. The van der Waals surface area contributed by atoms with Crippen LogP contribution in [-0.4, -0.2) is 19.5 Å². The number of rotatable bonds is 5. The lowest BCUT2D eigenvalue weighted by atomic mass is 9.82. The van der Waals surface area contributed by atoms with E-state index in [1.165, 1.54) is 6.42 Å². The Balaban J connectivity index is 2.00. The van der Waals surface area contributed by atoms with Gasteiger partial charge in [-0.25, -0.2) is 0 Å². The summed E-state index contributed by atoms with van der Waals surface area (Å²) in [7, 11) is 1.64. The highest BCUT2D eigenvalue weighted by Gasteiger charge is 2.24. The second kappa shape index (κ2) is 6.89. The van der Waals surface area contributed by atoms with Gasteiger partial charge in [0.2, 0.25) is 0 Å². The Morgan fingerprint density at radius 1 is 1.20 bits per heavy atom. The van der Waals surface area contributed by atoms with E-state index in [9.17, 15) is 4.79 Å². The van der Waals surface area contributed by atoms with Crippen LogP contribution in [-0.2, 0) is 11.3 Å². The van der Waals surface area contributed by atoms with Gasteiger partial charge in [0, 0.05) is 11.1 Å². The summed E-state index contributed by atoms with van der Waals surface area (Å²) in [5.41, 5.74) is 1.61. The van der Waals surface area contributed by atoms with E-state index in [1.54, 1.807) is 13.2 Å². The molecule has 3 nitrogen and oxygen atoms in total. The molecule has 1 fully saturated rings. The SMILES string of the molecule is COc1ccc(C=O)cc1COC1CC(C)CC(C)C1. The van der Waals surface area contributed by atoms with Crippen molar-refractivity contribution in [3.63, 3.8) is 0 Å². The van der Waals surface area contributed by atoms with Crippen LogP contribution in [0.25, 0.3) is 0 Å². The molecule has 1 aromatic rings. The first-order valence-corrected chi connectivity index (χ1v) is 7.36. The van der Waals surface area contributed by atoms with Gasteiger partial charge in [0.05, 0.1) is 19.8 Å². The van der Waals surface area contributed by atoms with Crippen molar-refractivity contribution < 1.29 is 14.3 Å². The summed E-state index contributed by atoms with van der Waals surface area (Å²) in [5, 5.41) is 0. The monoisotopic (exact) mass is 276 g/mol. The average Bonchev–Trinajstić information content (AvgIpc) is 2.43. The van der Waals surface area contributed by atoms with E-state index in [4.69, 9.17) is 9.47 Å². The average molecular weight is 276 g/mol. The van der Waals surface area contributed by atoms with Gasteiger partial charge in [-0.2, -0.15) is 0 Å². The van der Waals surface area contributed by atoms with Crippen molar-refractivity contribution in [2.75, 3.05) is 7.11 Å². The molecular weight excluding hydrogens is 252 g/mol. The van der Waals surface area contributed by atoms with E-state index < -0.39 is 0 Å². The molecule has 0 N–H and O–H groups in total. The Bertz CT molecular complexity index is 446. The predicted octanol–water partition coefficient (Wildman–Crippen LogP) is 3.85. The van der Waals surface area contributed by atoms with Crippen molar-refractivity contribution in [1.29, 1.82) is 0 Å². The van der Waals surface area contributed by atoms with E-state index in [0.29, 0.717) is 18.3 Å². The molecule has 1 aromatic carbocycles. The Morgan fingerprint density at radius 2 is 1.90 bits per heavy atom. The number of methoxy groups -OCH3 is 1. The first kappa shape index (κ1) is 15.0. The maximum Gasteiger partial charge on any atom is 0.150 e. The Kier molecular flexibility index (Phi) is 5.18. The molecule has 0 aromatic heterocycles. The second-order valence-corrected chi connectivity index (χ2v) is 6.04. The third-order valence-corrected chi connectivity index (χ3v) is 4.05. The van der Waals surface area contributed by atoms with Crippen molar-refractivity contribution >= 4 is 6.29 Å². The van der Waals surface area contributed by atoms with Crippen LogP contribution in [0.15, 0.2) is 18.2 Å². The van der Waals surface area contributed by atoms with Crippen molar-refractivity contribution in [2.45, 2.75) is 45.8 Å². The van der Waals surface area contributed by atoms with Gasteiger partial charge < -0.3 is 9.47 Å². The second-order valence-electron chi connectivity index (χ2n) is 6.04. The van der Waals surface area contributed by atoms with Crippen molar-refractivity contribution in [3.05, 3.63) is 29.3 Å². The fraction of sp³-hybridized carbons (Fsp3) is 0.588. The molecule has 0 radical (unpaired) electrons. The van der Waals surface area contributed by atoms with Crippen LogP contribution in [0.4, 0.5) is 0 Å². The first-order chi connectivity index (χ1) is 9.62. The van der Waals surface area contributed by atoms with Crippen LogP contribution in [0.3, 0.4) is 0 Å². The molecule has 0 bridgehead atoms. The van der Waals surface area contributed by atoms with E-state index >= 15 is 0 Å². The minimum Gasteiger partial charge on any atom is -0.496 e. The van der Waals surface area contributed by atoms with Crippen molar-refractivity contribution in [1.82, 2.24) is 0 Å². The molecule has 1 aliphatic rings. The lowest BCUT2D eigenvalue weighted by Gasteiger charge is -2.31. The molecule has 0 saturated heterocycles. The van der Waals surface area contributed by atoms with E-state index in [2.05, 4.69) is 13.8 Å². The molecule has 20 heavy (non-hydrogen) atoms. The van der Waals surface area contributed by atoms with E-state index in [0.717, 1.165) is 42.3 Å². The largest absolute Gasteiger partial charge is 0.496 e. The molecule has 1 saturated carbocycles. The Hall–Kier alpha value is -1.35. The molecule has 0 amide bonds. The first-order valence-electron chi connectivity index (χ1n) is 7.36. The van der Waals surface area contributed by atoms with Crippen LogP contribution >= 0.6 is 0 Å². The summed E-state index contributed by atoms with van der Waals surface area (Å²) in [6.45, 7) is 5.09. The molecule has 0 aliphatic heterocycles. The Morgan fingerprint density at radius 3 is 2.50 bits per heavy atom. The van der Waals surface area contributed by atoms with Crippen LogP contribution in [0.2, 0.25) is 0 Å². The summed E-state index contributed by atoms with van der Waals surface area (Å²) < 4.78 is 11.4. The zero-order valence-electron chi connectivity index (χ0n) is 12.6. The lowest BCUT2D eigenvalue weighted by Crippen LogP contribution is -2.26. The molecule has 1 aliphatic carbocycles. The summed E-state index contributed by atoms with van der Waals surface area (Å²) in [6.07, 6.45) is 4.72. The highest BCUT2D eigenvalue weighted by Crippen LogP contribution is 2.31. The lowest BCUT2D eigenvalue weighted by molar-refractivity contribution is -0.00977. The molecule has 2 unspecified atom stereocenters. The molecular formula is C17H24O3. The molecule has 2 atom stereocenters. The number of hydrogen-bond donors (Lipinski definition) is 0. The van der Waals surface area contributed by atoms with Crippen LogP contribution in [0.5, 0.6) is 5.75 Å². The Labute approximate surface area is 121 Å². The molecule has 3 heteroatoms. The van der Waals surface area contributed by atoms with Gasteiger partial charge in [-0.1, -0.05) is 13.8 Å². The van der Waals surface area contributed by atoms with Crippen molar-refractivity contribution in [2.24, 2.45) is 11.8 Å². The van der Waals surface area contributed by atoms with Crippen LogP contribution < -0.4 is 4.74 Å². The smallest absolute Gasteiger partial charge is 0.150 e. The fourth-order valence-electron chi connectivity index (χ4n) is 3.20. The van der Waals surface area contributed by atoms with E-state index in [-0.39, 0.29) is 0 Å². The van der Waals surface area contributed by atoms with Gasteiger partial charge in [0.25, 0.3) is 0 Å². The third-order valence-electron chi connectivity index (χ3n) is 4.05. The minimum atomic E-state index is 0.318. The topological polar surface area (TPSA) is 35.5 Å². The third kappa shape index (κ3) is 3.83. The summed E-state index contributed by atoms with van der Waals surface area (Å²) >= 11 is 0. The van der Waals surface area contributed by atoms with Crippen molar-refractivity contribution in [3.8, 4) is 5.75 Å². The van der Waals surface area contributed by atoms with Gasteiger partial charge in [0.15, 0.2) is 0 Å². The van der Waals surface area contributed by atoms with Gasteiger partial charge >= 0.3 is 0 Å². The zero-order chi connectivity index (χ0) is 14.5. The van der Waals surface area contributed by atoms with Gasteiger partial charge in [-0.15, -0.1) is 0 Å². The predicted molar refractivity (Wildman–Crippen MR) is 79.1 cm³/mol. The standard InChI is InChI=1S/C17H24O3/c1-12-6-13(2)8-16(7-12)20-11-15-9-14(10-18)4-5-17(15)19-3/h4-5,9-10,12-13,16H,6-8,11H2,1-3H3. The van der Waals surface area contributed by atoms with Gasteiger partial charge in [-0.05, 0) is 49.3 Å². The molecule has 0 heterocycles. The summed E-state index contributed by atoms with van der Waals surface area (Å²) in [6, 6.07) is 5.44.